The summed E-state index contributed by atoms with van der Waals surface area (Å²) < 4.78 is 0. The summed E-state index contributed by atoms with van der Waals surface area (Å²) in [6.45, 7) is 9.54. The summed E-state index contributed by atoms with van der Waals surface area (Å²) in [4.78, 5) is 0. The minimum absolute atomic E-state index is 1.16. The minimum Gasteiger partial charge on any atom is -0.0913 e. The first kappa shape index (κ1) is 18.5. The number of allylic oxidation sites excluding steroid dienone is 2. The Hall–Kier alpha value is -1.86. The number of hydrogen-bond acceptors (Lipinski definition) is 0. The van der Waals surface area contributed by atoms with Gasteiger partial charge in [0, 0.05) is 0 Å². The second kappa shape index (κ2) is 8.84. The molecule has 0 saturated carbocycles. The van der Waals surface area contributed by atoms with Gasteiger partial charge in [-0.2, -0.15) is 0 Å². The molecule has 0 atom stereocenters. The Kier molecular flexibility index (Phi) is 6.81. The van der Waals surface area contributed by atoms with Crippen molar-refractivity contribution in [3.05, 3.63) is 83.1 Å². The number of unbranched alkanes of at least 4 members (excludes halogenated alkanes) is 1. The van der Waals surface area contributed by atoms with Crippen molar-refractivity contribution in [2.75, 3.05) is 0 Å². The van der Waals surface area contributed by atoms with E-state index in [-0.39, 0.29) is 0 Å². The van der Waals surface area contributed by atoms with E-state index in [1.54, 1.807) is 0 Å². The predicted molar refractivity (Wildman–Crippen MR) is 112 cm³/mol. The van der Waals surface area contributed by atoms with Crippen LogP contribution in [0.15, 0.2) is 71.9 Å². The normalized spacial score (nSPS) is 13.2. The molecule has 2 rings (SSSR count). The zero-order valence-corrected chi connectivity index (χ0v) is 16.5. The monoisotopic (exact) mass is 334 g/mol. The molecule has 0 fully saturated rings. The molecule has 2 aromatic carbocycles. The van der Waals surface area contributed by atoms with E-state index in [0.29, 0.717) is 0 Å². The zero-order chi connectivity index (χ0) is 17.4. The average Bonchev–Trinajstić information content (AvgIpc) is 2.57. The maximum atomic E-state index is 2.59. The molecule has 0 unspecified atom stereocenters. The van der Waals surface area contributed by atoms with Crippen molar-refractivity contribution < 1.29 is 0 Å². The molecule has 0 aliphatic heterocycles. The Morgan fingerprint density at radius 3 is 2.00 bits per heavy atom. The van der Waals surface area contributed by atoms with Crippen LogP contribution in [0.4, 0.5) is 0 Å². The van der Waals surface area contributed by atoms with Crippen molar-refractivity contribution in [2.24, 2.45) is 0 Å². The van der Waals surface area contributed by atoms with Crippen LogP contribution in [0.2, 0.25) is 19.6 Å². The lowest BCUT2D eigenvalue weighted by Crippen LogP contribution is -2.17. The van der Waals surface area contributed by atoms with Crippen LogP contribution in [0.25, 0.3) is 11.6 Å². The van der Waals surface area contributed by atoms with Crippen molar-refractivity contribution >= 4 is 19.7 Å². The molecular formula is C23H30Si. The largest absolute Gasteiger partial charge is 0.0913 e. The van der Waals surface area contributed by atoms with Gasteiger partial charge < -0.3 is 0 Å². The molecule has 0 heterocycles. The summed E-state index contributed by atoms with van der Waals surface area (Å²) in [6.07, 6.45) is 6.00. The molecule has 2 aromatic rings. The summed E-state index contributed by atoms with van der Waals surface area (Å²) in [7, 11) is -1.29. The van der Waals surface area contributed by atoms with E-state index in [0.717, 1.165) is 6.42 Å². The van der Waals surface area contributed by atoms with Crippen LogP contribution in [-0.4, -0.2) is 8.07 Å². The summed E-state index contributed by atoms with van der Waals surface area (Å²) in [6, 6.07) is 21.5. The Morgan fingerprint density at radius 2 is 1.46 bits per heavy atom. The van der Waals surface area contributed by atoms with Gasteiger partial charge in [0.25, 0.3) is 0 Å². The fourth-order valence-electron chi connectivity index (χ4n) is 2.87. The van der Waals surface area contributed by atoms with Crippen molar-refractivity contribution in [3.8, 4) is 0 Å². The third kappa shape index (κ3) is 5.97. The summed E-state index contributed by atoms with van der Waals surface area (Å²) in [5.74, 6) is 0. The van der Waals surface area contributed by atoms with E-state index in [1.165, 1.54) is 35.1 Å². The van der Waals surface area contributed by atoms with E-state index < -0.39 is 8.07 Å². The fraction of sp³-hybridized carbons (Fsp3) is 0.304. The molecule has 0 saturated heterocycles. The third-order valence-corrected chi connectivity index (χ3v) is 5.16. The first-order valence-electron chi connectivity index (χ1n) is 9.04. The predicted octanol–water partition coefficient (Wildman–Crippen LogP) is 7.22. The van der Waals surface area contributed by atoms with Gasteiger partial charge in [0.05, 0.1) is 8.07 Å². The van der Waals surface area contributed by atoms with Crippen molar-refractivity contribution in [3.63, 3.8) is 0 Å². The van der Waals surface area contributed by atoms with Gasteiger partial charge in [-0.3, -0.25) is 0 Å². The minimum atomic E-state index is -1.29. The Bertz CT molecular complexity index is 673. The van der Waals surface area contributed by atoms with Gasteiger partial charge >= 0.3 is 0 Å². The molecule has 0 aliphatic rings. The van der Waals surface area contributed by atoms with Crippen LogP contribution in [0.5, 0.6) is 0 Å². The van der Waals surface area contributed by atoms with Gasteiger partial charge in [-0.1, -0.05) is 99.3 Å². The van der Waals surface area contributed by atoms with E-state index >= 15 is 0 Å². The lowest BCUT2D eigenvalue weighted by molar-refractivity contribution is 0.801. The van der Waals surface area contributed by atoms with Crippen LogP contribution < -0.4 is 0 Å². The van der Waals surface area contributed by atoms with E-state index in [2.05, 4.69) is 99.0 Å². The van der Waals surface area contributed by atoms with Gasteiger partial charge in [-0.15, -0.1) is 0 Å². The zero-order valence-electron chi connectivity index (χ0n) is 15.5. The van der Waals surface area contributed by atoms with Crippen LogP contribution in [0, 0.1) is 0 Å². The molecule has 0 aliphatic carbocycles. The summed E-state index contributed by atoms with van der Waals surface area (Å²) in [5, 5.41) is 0. The summed E-state index contributed by atoms with van der Waals surface area (Å²) in [5.41, 5.74) is 8.09. The number of hydrogen-bond donors (Lipinski definition) is 0. The summed E-state index contributed by atoms with van der Waals surface area (Å²) >= 11 is 0. The highest BCUT2D eigenvalue weighted by Gasteiger charge is 2.15. The lowest BCUT2D eigenvalue weighted by Gasteiger charge is -2.18. The van der Waals surface area contributed by atoms with E-state index in [1.807, 2.05) is 0 Å². The van der Waals surface area contributed by atoms with E-state index in [9.17, 15) is 0 Å². The highest BCUT2D eigenvalue weighted by molar-refractivity contribution is 6.81. The van der Waals surface area contributed by atoms with Crippen LogP contribution in [0.3, 0.4) is 0 Å². The molecule has 0 nitrogen and oxygen atoms in total. The van der Waals surface area contributed by atoms with Crippen LogP contribution in [0.1, 0.15) is 37.3 Å². The standard InChI is InChI=1S/C23H30Si/c1-5-6-15-22(19-24(2,3)4)23(21-16-11-8-12-17-21)18-20-13-9-7-10-14-20/h7-14,16-19H,5-6,15H2,1-4H3/b22-19+,23-18+. The highest BCUT2D eigenvalue weighted by Crippen LogP contribution is 2.31. The quantitative estimate of drug-likeness (QED) is 0.285. The number of rotatable bonds is 7. The molecule has 24 heavy (non-hydrogen) atoms. The average molecular weight is 335 g/mol. The Morgan fingerprint density at radius 1 is 0.875 bits per heavy atom. The Labute approximate surface area is 149 Å². The lowest BCUT2D eigenvalue weighted by atomic mass is 9.93. The first-order valence-corrected chi connectivity index (χ1v) is 12.6. The van der Waals surface area contributed by atoms with Gasteiger partial charge in [0.15, 0.2) is 0 Å². The van der Waals surface area contributed by atoms with Gasteiger partial charge in [0.1, 0.15) is 0 Å². The molecule has 126 valence electrons. The second-order valence-electron chi connectivity index (χ2n) is 7.47. The van der Waals surface area contributed by atoms with Gasteiger partial charge in [-0.25, -0.2) is 0 Å². The van der Waals surface area contributed by atoms with Crippen molar-refractivity contribution in [1.82, 2.24) is 0 Å². The molecular weight excluding hydrogens is 304 g/mol. The van der Waals surface area contributed by atoms with Crippen molar-refractivity contribution in [1.29, 1.82) is 0 Å². The first-order chi connectivity index (χ1) is 11.5. The smallest absolute Gasteiger partial charge is 0.0690 e. The Balaban J connectivity index is 2.54. The third-order valence-electron chi connectivity index (χ3n) is 3.95. The number of benzene rings is 2. The van der Waals surface area contributed by atoms with Crippen LogP contribution >= 0.6 is 0 Å². The second-order valence-corrected chi connectivity index (χ2v) is 12.5. The molecule has 1 heteroatoms. The topological polar surface area (TPSA) is 0 Å². The maximum Gasteiger partial charge on any atom is 0.0690 e. The van der Waals surface area contributed by atoms with Crippen molar-refractivity contribution in [2.45, 2.75) is 45.8 Å². The SMILES string of the molecule is CCCCC(=C\[Si](C)(C)C)/C(=C/c1ccccc1)c1ccccc1. The fourth-order valence-corrected chi connectivity index (χ4v) is 4.21. The van der Waals surface area contributed by atoms with Gasteiger partial charge in [0.2, 0.25) is 0 Å². The molecule has 0 bridgehead atoms. The van der Waals surface area contributed by atoms with E-state index in [4.69, 9.17) is 0 Å². The molecule has 0 N–H and O–H groups in total. The highest BCUT2D eigenvalue weighted by atomic mass is 28.3. The molecule has 0 radical (unpaired) electrons. The molecule has 0 aromatic heterocycles. The van der Waals surface area contributed by atoms with Gasteiger partial charge in [-0.05, 0) is 41.2 Å². The molecule has 0 spiro atoms. The molecule has 0 amide bonds. The van der Waals surface area contributed by atoms with Crippen LogP contribution in [-0.2, 0) is 0 Å². The maximum absolute atomic E-state index is 2.59.